The Labute approximate surface area is 151 Å². The third-order valence-electron chi connectivity index (χ3n) is 3.96. The number of para-hydroxylation sites is 2. The van der Waals surface area contributed by atoms with E-state index in [2.05, 4.69) is 54.5 Å². The third kappa shape index (κ3) is 3.54. The van der Waals surface area contributed by atoms with Crippen LogP contribution in [0.25, 0.3) is 11.1 Å². The van der Waals surface area contributed by atoms with Gasteiger partial charge in [0.1, 0.15) is 5.52 Å². The van der Waals surface area contributed by atoms with Crippen molar-refractivity contribution in [2.75, 3.05) is 5.32 Å². The minimum absolute atomic E-state index is 0.510. The average Bonchev–Trinajstić information content (AvgIpc) is 3.01. The molecule has 0 aliphatic heterocycles. The van der Waals surface area contributed by atoms with Crippen molar-refractivity contribution >= 4 is 34.6 Å². The molecule has 124 valence electrons. The highest BCUT2D eigenvalue weighted by Crippen LogP contribution is 2.32. The Kier molecular flexibility index (Phi) is 4.20. The summed E-state index contributed by atoms with van der Waals surface area (Å²) in [5, 5.41) is 3.22. The largest absolute Gasteiger partial charge is 0.423 e. The second kappa shape index (κ2) is 6.65. The van der Waals surface area contributed by atoms with Gasteiger partial charge in [-0.15, -0.1) is 0 Å². The lowest BCUT2D eigenvalue weighted by Gasteiger charge is -2.07. The molecule has 0 atom stereocenters. The lowest BCUT2D eigenvalue weighted by Crippen LogP contribution is -1.89. The number of hydrogen-bond acceptors (Lipinski definition) is 4. The van der Waals surface area contributed by atoms with Gasteiger partial charge in [0.2, 0.25) is 0 Å². The van der Waals surface area contributed by atoms with Crippen LogP contribution in [0.4, 0.5) is 11.7 Å². The maximum absolute atomic E-state index is 5.70. The summed E-state index contributed by atoms with van der Waals surface area (Å²) in [6, 6.07) is 23.1. The molecule has 4 aromatic rings. The van der Waals surface area contributed by atoms with E-state index in [0.29, 0.717) is 6.01 Å². The highest BCUT2D eigenvalue weighted by Gasteiger charge is 2.06. The van der Waals surface area contributed by atoms with Crippen molar-refractivity contribution < 1.29 is 4.42 Å². The quantitative estimate of drug-likeness (QED) is 0.468. The van der Waals surface area contributed by atoms with Gasteiger partial charge in [-0.05, 0) is 61.9 Å². The summed E-state index contributed by atoms with van der Waals surface area (Å²) >= 11 is 1.77. The second-order valence-electron chi connectivity index (χ2n) is 6.01. The van der Waals surface area contributed by atoms with Gasteiger partial charge in [0.25, 0.3) is 6.01 Å². The first-order valence-corrected chi connectivity index (χ1v) is 8.97. The zero-order valence-electron chi connectivity index (χ0n) is 14.1. The van der Waals surface area contributed by atoms with Crippen LogP contribution in [0, 0.1) is 13.8 Å². The molecule has 0 radical (unpaired) electrons. The fourth-order valence-electron chi connectivity index (χ4n) is 2.70. The molecule has 4 rings (SSSR count). The molecule has 1 aromatic heterocycles. The van der Waals surface area contributed by atoms with Gasteiger partial charge in [0, 0.05) is 15.5 Å². The first-order chi connectivity index (χ1) is 12.2. The van der Waals surface area contributed by atoms with Gasteiger partial charge in [0.15, 0.2) is 5.58 Å². The Hall–Kier alpha value is -2.72. The lowest BCUT2D eigenvalue weighted by atomic mass is 10.2. The summed E-state index contributed by atoms with van der Waals surface area (Å²) in [4.78, 5) is 6.92. The molecule has 0 fully saturated rings. The molecular formula is C21H18N2OS. The van der Waals surface area contributed by atoms with E-state index < -0.39 is 0 Å². The number of benzene rings is 3. The second-order valence-corrected chi connectivity index (χ2v) is 7.12. The van der Waals surface area contributed by atoms with Gasteiger partial charge in [-0.3, -0.25) is 0 Å². The van der Waals surface area contributed by atoms with E-state index >= 15 is 0 Å². The lowest BCUT2D eigenvalue weighted by molar-refractivity contribution is 0.623. The zero-order valence-corrected chi connectivity index (χ0v) is 14.9. The van der Waals surface area contributed by atoms with E-state index in [-0.39, 0.29) is 0 Å². The van der Waals surface area contributed by atoms with E-state index in [1.54, 1.807) is 11.8 Å². The van der Waals surface area contributed by atoms with Crippen molar-refractivity contribution in [3.8, 4) is 0 Å². The molecule has 1 N–H and O–H groups in total. The number of fused-ring (bicyclic) bond motifs is 1. The molecular weight excluding hydrogens is 328 g/mol. The van der Waals surface area contributed by atoms with Gasteiger partial charge < -0.3 is 9.73 Å². The van der Waals surface area contributed by atoms with Crippen LogP contribution < -0.4 is 5.32 Å². The van der Waals surface area contributed by atoms with Crippen molar-refractivity contribution in [3.63, 3.8) is 0 Å². The number of nitrogens with zero attached hydrogens (tertiary/aromatic N) is 1. The van der Waals surface area contributed by atoms with Crippen LogP contribution in [0.1, 0.15) is 11.1 Å². The van der Waals surface area contributed by atoms with E-state index in [1.165, 1.54) is 20.9 Å². The van der Waals surface area contributed by atoms with Crippen LogP contribution in [0.5, 0.6) is 0 Å². The van der Waals surface area contributed by atoms with Gasteiger partial charge in [-0.25, -0.2) is 0 Å². The van der Waals surface area contributed by atoms with Crippen LogP contribution >= 0.6 is 11.8 Å². The monoisotopic (exact) mass is 346 g/mol. The van der Waals surface area contributed by atoms with Crippen LogP contribution in [0.3, 0.4) is 0 Å². The minimum Gasteiger partial charge on any atom is -0.423 e. The molecule has 0 saturated heterocycles. The molecule has 1 heterocycles. The third-order valence-corrected chi connectivity index (χ3v) is 5.14. The van der Waals surface area contributed by atoms with Gasteiger partial charge >= 0.3 is 0 Å². The zero-order chi connectivity index (χ0) is 17.2. The minimum atomic E-state index is 0.510. The number of hydrogen-bond donors (Lipinski definition) is 1. The van der Waals surface area contributed by atoms with Crippen LogP contribution in [0.15, 0.2) is 80.9 Å². The number of anilines is 2. The Morgan fingerprint density at radius 3 is 2.48 bits per heavy atom. The summed E-state index contributed by atoms with van der Waals surface area (Å²) in [6.45, 7) is 4.27. The molecule has 0 bridgehead atoms. The normalized spacial score (nSPS) is 11.0. The molecule has 25 heavy (non-hydrogen) atoms. The smallest absolute Gasteiger partial charge is 0.300 e. The molecule has 0 saturated carbocycles. The predicted octanol–water partition coefficient (Wildman–Crippen LogP) is 6.34. The Balaban J connectivity index is 1.49. The number of aromatic nitrogens is 1. The summed E-state index contributed by atoms with van der Waals surface area (Å²) in [5.41, 5.74) is 5.19. The van der Waals surface area contributed by atoms with Gasteiger partial charge in [-0.2, -0.15) is 4.98 Å². The van der Waals surface area contributed by atoms with Crippen molar-refractivity contribution in [1.29, 1.82) is 0 Å². The molecule has 0 aliphatic carbocycles. The van der Waals surface area contributed by atoms with E-state index in [9.17, 15) is 0 Å². The molecule has 0 aliphatic rings. The molecule has 4 heteroatoms. The Morgan fingerprint density at radius 2 is 1.72 bits per heavy atom. The predicted molar refractivity (Wildman–Crippen MR) is 104 cm³/mol. The summed E-state index contributed by atoms with van der Waals surface area (Å²) in [7, 11) is 0. The highest BCUT2D eigenvalue weighted by molar-refractivity contribution is 7.99. The maximum atomic E-state index is 5.70. The summed E-state index contributed by atoms with van der Waals surface area (Å²) in [6.07, 6.45) is 0. The van der Waals surface area contributed by atoms with Crippen LogP contribution in [-0.2, 0) is 0 Å². The molecule has 0 amide bonds. The summed E-state index contributed by atoms with van der Waals surface area (Å²) in [5.74, 6) is 0. The first-order valence-electron chi connectivity index (χ1n) is 8.15. The number of oxazole rings is 1. The van der Waals surface area contributed by atoms with Crippen LogP contribution in [0.2, 0.25) is 0 Å². The van der Waals surface area contributed by atoms with Crippen LogP contribution in [-0.4, -0.2) is 4.98 Å². The highest BCUT2D eigenvalue weighted by atomic mass is 32.2. The van der Waals surface area contributed by atoms with Crippen molar-refractivity contribution in [2.24, 2.45) is 0 Å². The van der Waals surface area contributed by atoms with Crippen molar-refractivity contribution in [2.45, 2.75) is 23.6 Å². The number of aryl methyl sites for hydroxylation is 2. The van der Waals surface area contributed by atoms with Gasteiger partial charge in [-0.1, -0.05) is 41.6 Å². The number of nitrogens with one attached hydrogen (secondary N) is 1. The molecule has 0 spiro atoms. The van der Waals surface area contributed by atoms with E-state index in [4.69, 9.17) is 4.42 Å². The van der Waals surface area contributed by atoms with Crippen molar-refractivity contribution in [3.05, 3.63) is 77.9 Å². The summed E-state index contributed by atoms with van der Waals surface area (Å²) < 4.78 is 5.70. The average molecular weight is 346 g/mol. The number of rotatable bonds is 4. The first kappa shape index (κ1) is 15.8. The fraction of sp³-hybridized carbons (Fsp3) is 0.0952. The van der Waals surface area contributed by atoms with Crippen molar-refractivity contribution in [1.82, 2.24) is 4.98 Å². The SMILES string of the molecule is Cc1ccc(Sc2ccc(Nc3nc4ccccc4o3)cc2)c(C)c1. The van der Waals surface area contributed by atoms with E-state index in [0.717, 1.165) is 16.8 Å². The molecule has 0 unspecified atom stereocenters. The van der Waals surface area contributed by atoms with Gasteiger partial charge in [0.05, 0.1) is 0 Å². The maximum Gasteiger partial charge on any atom is 0.300 e. The Bertz CT molecular complexity index is 989. The Morgan fingerprint density at radius 1 is 0.920 bits per heavy atom. The topological polar surface area (TPSA) is 38.1 Å². The molecule has 3 nitrogen and oxygen atoms in total. The van der Waals surface area contributed by atoms with E-state index in [1.807, 2.05) is 36.4 Å². The fourth-order valence-corrected chi connectivity index (χ4v) is 3.58. The standard InChI is InChI=1S/C21H18N2OS/c1-14-7-12-20(15(2)13-14)25-17-10-8-16(9-11-17)22-21-23-18-5-3-4-6-19(18)24-21/h3-13H,1-2H3,(H,22,23). The molecule has 3 aromatic carbocycles.